The molecule has 6 rings (SSSR count). The molecular formula is C31H32FN3O5. The lowest BCUT2D eigenvalue weighted by molar-refractivity contribution is -0.0685. The van der Waals surface area contributed by atoms with Crippen LogP contribution in [0, 0.1) is 5.82 Å². The Morgan fingerprint density at radius 1 is 1.12 bits per heavy atom. The van der Waals surface area contributed by atoms with Gasteiger partial charge in [0.15, 0.2) is 11.5 Å². The lowest BCUT2D eigenvalue weighted by Gasteiger charge is -2.32. The molecule has 0 bridgehead atoms. The minimum Gasteiger partial charge on any atom is -0.478 e. The van der Waals surface area contributed by atoms with Crippen LogP contribution in [0.15, 0.2) is 60.7 Å². The van der Waals surface area contributed by atoms with Crippen molar-refractivity contribution in [3.05, 3.63) is 89.0 Å². The number of hydrogen-bond acceptors (Lipinski definition) is 6. The number of likely N-dealkylation sites (tertiary alicyclic amines) is 1. The van der Waals surface area contributed by atoms with E-state index in [2.05, 4.69) is 15.5 Å². The molecule has 40 heavy (non-hydrogen) atoms. The van der Waals surface area contributed by atoms with Gasteiger partial charge in [-0.15, -0.1) is 0 Å². The van der Waals surface area contributed by atoms with Crippen LogP contribution in [0.5, 0.6) is 11.5 Å². The molecule has 1 unspecified atom stereocenters. The van der Waals surface area contributed by atoms with E-state index in [9.17, 15) is 14.3 Å². The summed E-state index contributed by atoms with van der Waals surface area (Å²) < 4.78 is 33.5. The molecule has 2 aliphatic heterocycles. The van der Waals surface area contributed by atoms with Crippen LogP contribution in [0.2, 0.25) is 0 Å². The van der Waals surface area contributed by atoms with Gasteiger partial charge in [-0.25, -0.2) is 14.2 Å². The summed E-state index contributed by atoms with van der Waals surface area (Å²) in [6, 6.07) is 17.3. The maximum atomic E-state index is 13.5. The molecule has 1 fully saturated rings. The van der Waals surface area contributed by atoms with Gasteiger partial charge in [0.1, 0.15) is 11.6 Å². The molecule has 3 heterocycles. The Hall–Kier alpha value is -3.95. The third kappa shape index (κ3) is 4.91. The Balaban J connectivity index is 1.17. The second-order valence-corrected chi connectivity index (χ2v) is 10.6. The quantitative estimate of drug-likeness (QED) is 0.311. The molecule has 1 atom stereocenters. The lowest BCUT2D eigenvalue weighted by atomic mass is 9.88. The minimum absolute atomic E-state index is 0.246. The van der Waals surface area contributed by atoms with Crippen molar-refractivity contribution >= 4 is 17.0 Å². The van der Waals surface area contributed by atoms with Crippen molar-refractivity contribution in [3.8, 4) is 11.5 Å². The first-order valence-corrected chi connectivity index (χ1v) is 13.6. The van der Waals surface area contributed by atoms with Crippen LogP contribution in [-0.4, -0.2) is 52.3 Å². The first kappa shape index (κ1) is 26.3. The third-order valence-electron chi connectivity index (χ3n) is 7.97. The zero-order valence-corrected chi connectivity index (χ0v) is 22.6. The van der Waals surface area contributed by atoms with Crippen LogP contribution in [0.1, 0.15) is 53.0 Å². The number of carboxylic acids is 1. The van der Waals surface area contributed by atoms with E-state index in [1.165, 1.54) is 12.1 Å². The number of carboxylic acid groups (broad SMARTS) is 1. The fourth-order valence-corrected chi connectivity index (χ4v) is 5.80. The van der Waals surface area contributed by atoms with Crippen LogP contribution >= 0.6 is 0 Å². The summed E-state index contributed by atoms with van der Waals surface area (Å²) in [5, 5.41) is 9.46. The van der Waals surface area contributed by atoms with Crippen LogP contribution in [-0.2, 0) is 23.6 Å². The first-order valence-electron chi connectivity index (χ1n) is 13.6. The normalized spacial score (nSPS) is 19.4. The van der Waals surface area contributed by atoms with Crippen molar-refractivity contribution in [2.24, 2.45) is 0 Å². The number of imidazole rings is 1. The predicted octanol–water partition coefficient (Wildman–Crippen LogP) is 5.54. The van der Waals surface area contributed by atoms with Crippen LogP contribution in [0.25, 0.3) is 11.0 Å². The summed E-state index contributed by atoms with van der Waals surface area (Å²) in [4.78, 5) is 18.8. The molecule has 1 N–H and O–H groups in total. The number of piperidine rings is 1. The number of para-hydroxylation sites is 1. The molecule has 1 aromatic heterocycles. The Morgan fingerprint density at radius 2 is 1.90 bits per heavy atom. The van der Waals surface area contributed by atoms with Crippen molar-refractivity contribution < 1.29 is 28.5 Å². The van der Waals surface area contributed by atoms with Crippen molar-refractivity contribution in [2.45, 2.75) is 44.6 Å². The predicted molar refractivity (Wildman–Crippen MR) is 147 cm³/mol. The Morgan fingerprint density at radius 3 is 2.62 bits per heavy atom. The molecule has 0 aliphatic carbocycles. The summed E-state index contributed by atoms with van der Waals surface area (Å²) in [5.41, 5.74) is 3.74. The number of methoxy groups -OCH3 is 1. The van der Waals surface area contributed by atoms with Gasteiger partial charge in [-0.2, -0.15) is 0 Å². The standard InChI is InChI=1S/C31H32FN3O5/c1-31(22-7-9-23(32)10-8-22)39-27-5-3-4-24(29(27)40-31)20-12-14-34(15-13-20)19-28-33-25-11-6-21(30(36)37)18-26(25)35(28)16-17-38-2/h3-11,18,20H,12-17,19H2,1-2H3,(H,36,37). The summed E-state index contributed by atoms with van der Waals surface area (Å²) in [5.74, 6) is 0.438. The third-order valence-corrected chi connectivity index (χ3v) is 7.97. The Labute approximate surface area is 231 Å². The number of benzene rings is 3. The fraction of sp³-hybridized carbons (Fsp3) is 0.355. The van der Waals surface area contributed by atoms with E-state index in [0.717, 1.165) is 59.7 Å². The van der Waals surface area contributed by atoms with Crippen LogP contribution in [0.3, 0.4) is 0 Å². The van der Waals surface area contributed by atoms with Gasteiger partial charge < -0.3 is 23.9 Å². The number of aromatic nitrogens is 2. The summed E-state index contributed by atoms with van der Waals surface area (Å²) in [7, 11) is 1.66. The molecule has 4 aromatic rings. The Kier molecular flexibility index (Phi) is 6.93. The van der Waals surface area contributed by atoms with Crippen molar-refractivity contribution in [2.75, 3.05) is 26.8 Å². The highest BCUT2D eigenvalue weighted by Crippen LogP contribution is 2.49. The topological polar surface area (TPSA) is 86.0 Å². The van der Waals surface area contributed by atoms with Crippen molar-refractivity contribution in [1.82, 2.24) is 14.5 Å². The second kappa shape index (κ2) is 10.6. The number of rotatable bonds is 8. The number of fused-ring (bicyclic) bond motifs is 2. The van der Waals surface area contributed by atoms with Gasteiger partial charge in [0.05, 0.1) is 29.7 Å². The molecule has 208 valence electrons. The molecule has 0 amide bonds. The van der Waals surface area contributed by atoms with Gasteiger partial charge in [-0.3, -0.25) is 4.90 Å². The molecule has 9 heteroatoms. The molecule has 0 saturated carbocycles. The maximum Gasteiger partial charge on any atom is 0.335 e. The molecule has 2 aliphatic rings. The van der Waals surface area contributed by atoms with Crippen molar-refractivity contribution in [3.63, 3.8) is 0 Å². The van der Waals surface area contributed by atoms with Gasteiger partial charge in [-0.05, 0) is 80.4 Å². The number of carbonyl (C=O) groups is 1. The first-order chi connectivity index (χ1) is 19.3. The van der Waals surface area contributed by atoms with E-state index in [0.29, 0.717) is 31.4 Å². The SMILES string of the molecule is COCCn1c(CN2CCC(c3cccc4c3OC(C)(c3ccc(F)cc3)O4)CC2)nc2ccc(C(=O)O)cc21. The van der Waals surface area contributed by atoms with E-state index in [1.54, 1.807) is 37.4 Å². The van der Waals surface area contributed by atoms with E-state index in [1.807, 2.05) is 19.1 Å². The van der Waals surface area contributed by atoms with Gasteiger partial charge >= 0.3 is 5.97 Å². The van der Waals surface area contributed by atoms with Gasteiger partial charge in [0.2, 0.25) is 0 Å². The molecule has 0 spiro atoms. The zero-order valence-electron chi connectivity index (χ0n) is 22.6. The number of aromatic carboxylic acids is 1. The van der Waals surface area contributed by atoms with Crippen LogP contribution < -0.4 is 9.47 Å². The zero-order chi connectivity index (χ0) is 27.9. The summed E-state index contributed by atoms with van der Waals surface area (Å²) in [6.07, 6.45) is 1.91. The van der Waals surface area contributed by atoms with Gasteiger partial charge in [0, 0.05) is 31.7 Å². The highest BCUT2D eigenvalue weighted by Gasteiger charge is 2.41. The second-order valence-electron chi connectivity index (χ2n) is 10.6. The highest BCUT2D eigenvalue weighted by molar-refractivity contribution is 5.92. The smallest absolute Gasteiger partial charge is 0.335 e. The van der Waals surface area contributed by atoms with E-state index in [4.69, 9.17) is 19.2 Å². The van der Waals surface area contributed by atoms with Crippen molar-refractivity contribution in [1.29, 1.82) is 0 Å². The number of halogens is 1. The molecular weight excluding hydrogens is 513 g/mol. The molecule has 1 saturated heterocycles. The van der Waals surface area contributed by atoms with E-state index >= 15 is 0 Å². The fourth-order valence-electron chi connectivity index (χ4n) is 5.80. The lowest BCUT2D eigenvalue weighted by Crippen LogP contribution is -2.34. The van der Waals surface area contributed by atoms with E-state index < -0.39 is 11.8 Å². The monoisotopic (exact) mass is 545 g/mol. The molecule has 0 radical (unpaired) electrons. The largest absolute Gasteiger partial charge is 0.478 e. The maximum absolute atomic E-state index is 13.5. The average Bonchev–Trinajstić information content (AvgIpc) is 3.49. The van der Waals surface area contributed by atoms with Crippen LogP contribution in [0.4, 0.5) is 4.39 Å². The summed E-state index contributed by atoms with van der Waals surface area (Å²) >= 11 is 0. The minimum atomic E-state index is -1.01. The summed E-state index contributed by atoms with van der Waals surface area (Å²) in [6.45, 7) is 5.42. The Bertz CT molecular complexity index is 1540. The van der Waals surface area contributed by atoms with Gasteiger partial charge in [0.25, 0.3) is 5.79 Å². The van der Waals surface area contributed by atoms with Gasteiger partial charge in [-0.1, -0.05) is 12.1 Å². The molecule has 8 nitrogen and oxygen atoms in total. The highest BCUT2D eigenvalue weighted by atomic mass is 19.1. The average molecular weight is 546 g/mol. The number of nitrogens with zero attached hydrogens (tertiary/aromatic N) is 3. The molecule has 3 aromatic carbocycles. The number of hydrogen-bond donors (Lipinski definition) is 1. The van der Waals surface area contributed by atoms with E-state index in [-0.39, 0.29) is 11.4 Å². The number of ether oxygens (including phenoxy) is 3.